The van der Waals surface area contributed by atoms with E-state index in [0.717, 1.165) is 0 Å². The van der Waals surface area contributed by atoms with Gasteiger partial charge in [0.1, 0.15) is 6.04 Å². The predicted molar refractivity (Wildman–Crippen MR) is 60.4 cm³/mol. The molecule has 1 rings (SSSR count). The Labute approximate surface area is 91.5 Å². The Morgan fingerprint density at radius 3 is 2.94 bits per heavy atom. The molecule has 7 heteroatoms. The summed E-state index contributed by atoms with van der Waals surface area (Å²) in [6.07, 6.45) is 0. The molecular formula is C9H11N5O2. The van der Waals surface area contributed by atoms with Crippen molar-refractivity contribution in [2.45, 2.75) is 13.0 Å². The largest absolute Gasteiger partial charge is 0.480 e. The van der Waals surface area contributed by atoms with Crippen LogP contribution in [0.1, 0.15) is 6.92 Å². The summed E-state index contributed by atoms with van der Waals surface area (Å²) in [6.45, 7) is 1.48. The minimum atomic E-state index is -1.01. The van der Waals surface area contributed by atoms with Crippen LogP contribution in [0.5, 0.6) is 0 Å². The fourth-order valence-corrected chi connectivity index (χ4v) is 1.13. The second-order valence-electron chi connectivity index (χ2n) is 3.14. The van der Waals surface area contributed by atoms with Gasteiger partial charge in [-0.25, -0.2) is 0 Å². The number of hydrogen-bond acceptors (Lipinski definition) is 4. The first-order chi connectivity index (χ1) is 7.56. The van der Waals surface area contributed by atoms with E-state index >= 15 is 0 Å². The number of rotatable bonds is 4. The van der Waals surface area contributed by atoms with Crippen LogP contribution >= 0.6 is 0 Å². The zero-order chi connectivity index (χ0) is 12.1. The quantitative estimate of drug-likeness (QED) is 0.311. The van der Waals surface area contributed by atoms with Crippen LogP contribution in [0.3, 0.4) is 0 Å². The van der Waals surface area contributed by atoms with Crippen molar-refractivity contribution in [3.05, 3.63) is 28.6 Å². The monoisotopic (exact) mass is 221 g/mol. The zero-order valence-electron chi connectivity index (χ0n) is 8.58. The van der Waals surface area contributed by atoms with Crippen LogP contribution in [-0.4, -0.2) is 17.1 Å². The number of nitrogens with two attached hydrogens (primary N) is 1. The molecule has 0 aliphatic heterocycles. The number of aliphatic carboxylic acids is 1. The minimum absolute atomic E-state index is 0.207. The van der Waals surface area contributed by atoms with Gasteiger partial charge in [0, 0.05) is 16.3 Å². The lowest BCUT2D eigenvalue weighted by Crippen LogP contribution is -2.25. The molecule has 1 unspecified atom stereocenters. The number of carboxylic acid groups (broad SMARTS) is 1. The topological polar surface area (TPSA) is 124 Å². The van der Waals surface area contributed by atoms with E-state index in [1.54, 1.807) is 18.2 Å². The van der Waals surface area contributed by atoms with Crippen molar-refractivity contribution in [3.8, 4) is 0 Å². The summed E-state index contributed by atoms with van der Waals surface area (Å²) in [7, 11) is 0. The summed E-state index contributed by atoms with van der Waals surface area (Å²) in [5, 5.41) is 14.8. The third-order valence-corrected chi connectivity index (χ3v) is 1.95. The number of carboxylic acids is 1. The number of nitrogens with one attached hydrogen (secondary N) is 1. The number of nitrogen functional groups attached to an aromatic ring is 1. The van der Waals surface area contributed by atoms with E-state index in [-0.39, 0.29) is 5.69 Å². The smallest absolute Gasteiger partial charge is 0.325 e. The molecule has 0 radical (unpaired) electrons. The number of anilines is 2. The first-order valence-corrected chi connectivity index (χ1v) is 4.49. The van der Waals surface area contributed by atoms with Crippen LogP contribution in [0.4, 0.5) is 17.1 Å². The third kappa shape index (κ3) is 2.55. The predicted octanol–water partition coefficient (Wildman–Crippen LogP) is 2.10. The lowest BCUT2D eigenvalue weighted by Gasteiger charge is -2.13. The van der Waals surface area contributed by atoms with E-state index in [4.69, 9.17) is 16.4 Å². The van der Waals surface area contributed by atoms with Gasteiger partial charge in [-0.1, -0.05) is 11.2 Å². The maximum atomic E-state index is 10.7. The molecule has 0 aromatic heterocycles. The highest BCUT2D eigenvalue weighted by Crippen LogP contribution is 2.31. The molecule has 1 aromatic carbocycles. The highest BCUT2D eigenvalue weighted by Gasteiger charge is 2.12. The lowest BCUT2D eigenvalue weighted by molar-refractivity contribution is -0.137. The normalized spacial score (nSPS) is 11.3. The summed E-state index contributed by atoms with van der Waals surface area (Å²) in [5.41, 5.74) is 14.9. The molecule has 0 saturated heterocycles. The van der Waals surface area contributed by atoms with Crippen molar-refractivity contribution in [1.29, 1.82) is 0 Å². The number of nitrogens with zero attached hydrogens (tertiary/aromatic N) is 3. The summed E-state index contributed by atoms with van der Waals surface area (Å²) >= 11 is 0. The molecule has 7 nitrogen and oxygen atoms in total. The van der Waals surface area contributed by atoms with Crippen LogP contribution in [0.2, 0.25) is 0 Å². The lowest BCUT2D eigenvalue weighted by atomic mass is 10.2. The highest BCUT2D eigenvalue weighted by molar-refractivity contribution is 5.83. The summed E-state index contributed by atoms with van der Waals surface area (Å²) in [5.74, 6) is -1.01. The van der Waals surface area contributed by atoms with Crippen LogP contribution in [0, 0.1) is 0 Å². The van der Waals surface area contributed by atoms with E-state index in [0.29, 0.717) is 11.4 Å². The zero-order valence-corrected chi connectivity index (χ0v) is 8.58. The van der Waals surface area contributed by atoms with E-state index in [2.05, 4.69) is 15.3 Å². The molecule has 1 atom stereocenters. The third-order valence-electron chi connectivity index (χ3n) is 1.95. The van der Waals surface area contributed by atoms with Gasteiger partial charge >= 0.3 is 5.97 Å². The number of azide groups is 1. The Kier molecular flexibility index (Phi) is 3.58. The van der Waals surface area contributed by atoms with E-state index < -0.39 is 12.0 Å². The van der Waals surface area contributed by atoms with Crippen LogP contribution in [-0.2, 0) is 4.79 Å². The van der Waals surface area contributed by atoms with E-state index in [9.17, 15) is 4.79 Å². The molecule has 0 aliphatic rings. The van der Waals surface area contributed by atoms with Gasteiger partial charge in [-0.3, -0.25) is 4.79 Å². The maximum Gasteiger partial charge on any atom is 0.325 e. The van der Waals surface area contributed by atoms with Crippen molar-refractivity contribution < 1.29 is 9.90 Å². The molecule has 0 aliphatic carbocycles. The average molecular weight is 221 g/mol. The molecule has 16 heavy (non-hydrogen) atoms. The molecule has 0 saturated carbocycles. The second-order valence-corrected chi connectivity index (χ2v) is 3.14. The standard InChI is InChI=1S/C9H11N5O2/c1-5(9(15)16)12-7-4-2-3-6(10)8(7)13-14-11/h2-5,12H,10H2,1H3,(H,15,16). The molecule has 0 bridgehead atoms. The molecule has 1 aromatic rings. The Bertz CT molecular complexity index is 453. The van der Waals surface area contributed by atoms with Crippen molar-refractivity contribution >= 4 is 23.0 Å². The van der Waals surface area contributed by atoms with Crippen LogP contribution < -0.4 is 11.1 Å². The van der Waals surface area contributed by atoms with Crippen molar-refractivity contribution in [2.75, 3.05) is 11.1 Å². The van der Waals surface area contributed by atoms with Gasteiger partial charge in [0.15, 0.2) is 0 Å². The molecule has 0 amide bonds. The Morgan fingerprint density at radius 2 is 2.38 bits per heavy atom. The number of hydrogen-bond donors (Lipinski definition) is 3. The van der Waals surface area contributed by atoms with Crippen LogP contribution in [0.15, 0.2) is 23.3 Å². The van der Waals surface area contributed by atoms with E-state index in [1.165, 1.54) is 6.92 Å². The summed E-state index contributed by atoms with van der Waals surface area (Å²) < 4.78 is 0. The number of benzene rings is 1. The fourth-order valence-electron chi connectivity index (χ4n) is 1.13. The van der Waals surface area contributed by atoms with Crippen molar-refractivity contribution in [1.82, 2.24) is 0 Å². The van der Waals surface area contributed by atoms with Gasteiger partial charge in [-0.2, -0.15) is 0 Å². The Morgan fingerprint density at radius 1 is 1.69 bits per heavy atom. The van der Waals surface area contributed by atoms with Gasteiger partial charge in [0.05, 0.1) is 5.69 Å². The second kappa shape index (κ2) is 4.90. The van der Waals surface area contributed by atoms with Crippen molar-refractivity contribution in [3.63, 3.8) is 0 Å². The minimum Gasteiger partial charge on any atom is -0.480 e. The van der Waals surface area contributed by atoms with Gasteiger partial charge in [0.2, 0.25) is 0 Å². The molecule has 84 valence electrons. The fraction of sp³-hybridized carbons (Fsp3) is 0.222. The van der Waals surface area contributed by atoms with Crippen molar-refractivity contribution in [2.24, 2.45) is 5.11 Å². The Balaban J connectivity index is 3.08. The van der Waals surface area contributed by atoms with E-state index in [1.807, 2.05) is 0 Å². The highest BCUT2D eigenvalue weighted by atomic mass is 16.4. The number of carbonyl (C=O) groups is 1. The van der Waals surface area contributed by atoms with Gasteiger partial charge < -0.3 is 16.2 Å². The van der Waals surface area contributed by atoms with Crippen LogP contribution in [0.25, 0.3) is 10.4 Å². The first-order valence-electron chi connectivity index (χ1n) is 4.49. The van der Waals surface area contributed by atoms with Gasteiger partial charge in [-0.15, -0.1) is 0 Å². The molecule has 0 fully saturated rings. The van der Waals surface area contributed by atoms with Gasteiger partial charge in [0.25, 0.3) is 0 Å². The maximum absolute atomic E-state index is 10.7. The first kappa shape index (κ1) is 11.7. The SMILES string of the molecule is CC(Nc1cccc(N)c1N=[N+]=[N-])C(=O)O. The summed E-state index contributed by atoms with van der Waals surface area (Å²) in [6, 6.07) is 4.01. The molecule has 0 heterocycles. The molecular weight excluding hydrogens is 210 g/mol. The molecule has 4 N–H and O–H groups in total. The Hall–Kier alpha value is -2.40. The summed E-state index contributed by atoms with van der Waals surface area (Å²) in [4.78, 5) is 13.3. The van der Waals surface area contributed by atoms with Gasteiger partial charge in [-0.05, 0) is 24.6 Å². The molecule has 0 spiro atoms. The average Bonchev–Trinajstić information content (AvgIpc) is 2.23.